The smallest absolute Gasteiger partial charge is 0.218 e. The van der Waals surface area contributed by atoms with Crippen LogP contribution in [0.4, 0.5) is 11.4 Å². The number of nitrogens with zero attached hydrogens (tertiary/aromatic N) is 4. The summed E-state index contributed by atoms with van der Waals surface area (Å²) in [5.74, 6) is 0. The molecule has 222 valence electrons. The minimum absolute atomic E-state index is 0.593. The molecule has 9 aromatic rings. The third-order valence-corrected chi connectivity index (χ3v) is 9.39. The summed E-state index contributed by atoms with van der Waals surface area (Å²) in [6.07, 6.45) is 0. The van der Waals surface area contributed by atoms with Gasteiger partial charge in [-0.2, -0.15) is 0 Å². The SMILES string of the molecule is [C-]#[N+]c1ccc(-c2ccc(-c3cccc(-n4c5ccccc5c5ccccc54)c3[N+]#[C-])cc2)c(-n2c3ccccc3c3ccccc32)c1. The summed E-state index contributed by atoms with van der Waals surface area (Å²) in [6.45, 7) is 16.1. The Bertz CT molecular complexity index is 2690. The van der Waals surface area contributed by atoms with Crippen LogP contribution in [0.1, 0.15) is 0 Å². The van der Waals surface area contributed by atoms with Crippen LogP contribution in [0, 0.1) is 13.1 Å². The van der Waals surface area contributed by atoms with Gasteiger partial charge in [-0.25, -0.2) is 9.69 Å². The van der Waals surface area contributed by atoms with Crippen LogP contribution in [0.5, 0.6) is 0 Å². The fourth-order valence-corrected chi connectivity index (χ4v) is 7.27. The van der Waals surface area contributed by atoms with Crippen LogP contribution in [0.15, 0.2) is 158 Å². The highest BCUT2D eigenvalue weighted by Crippen LogP contribution is 2.42. The van der Waals surface area contributed by atoms with Gasteiger partial charge in [0, 0.05) is 32.8 Å². The van der Waals surface area contributed by atoms with Crippen molar-refractivity contribution in [1.82, 2.24) is 9.13 Å². The first kappa shape index (κ1) is 27.4. The van der Waals surface area contributed by atoms with Gasteiger partial charge in [0.2, 0.25) is 5.69 Å². The van der Waals surface area contributed by atoms with Gasteiger partial charge in [0.25, 0.3) is 0 Å². The second-order valence-electron chi connectivity index (χ2n) is 11.9. The number of hydrogen-bond acceptors (Lipinski definition) is 0. The first-order valence-electron chi connectivity index (χ1n) is 15.8. The van der Waals surface area contributed by atoms with Crippen molar-refractivity contribution in [2.45, 2.75) is 0 Å². The Kier molecular flexibility index (Phi) is 6.22. The molecule has 0 aliphatic heterocycles. The van der Waals surface area contributed by atoms with Crippen LogP contribution in [-0.4, -0.2) is 9.13 Å². The van der Waals surface area contributed by atoms with E-state index >= 15 is 0 Å². The zero-order valence-corrected chi connectivity index (χ0v) is 25.8. The molecule has 0 amide bonds. The molecule has 0 N–H and O–H groups in total. The summed E-state index contributed by atoms with van der Waals surface area (Å²) < 4.78 is 4.49. The van der Waals surface area contributed by atoms with E-state index in [2.05, 4.69) is 146 Å². The first-order chi connectivity index (χ1) is 23.7. The van der Waals surface area contributed by atoms with Gasteiger partial charge < -0.3 is 9.13 Å². The van der Waals surface area contributed by atoms with Gasteiger partial charge >= 0.3 is 0 Å². The Balaban J connectivity index is 1.20. The summed E-state index contributed by atoms with van der Waals surface area (Å²) >= 11 is 0. The molecule has 0 aliphatic rings. The van der Waals surface area contributed by atoms with Crippen molar-refractivity contribution in [3.8, 4) is 33.6 Å². The molecule has 0 unspecified atom stereocenters. The molecule has 0 saturated carbocycles. The lowest BCUT2D eigenvalue weighted by Gasteiger charge is -2.16. The van der Waals surface area contributed by atoms with E-state index in [4.69, 9.17) is 13.1 Å². The van der Waals surface area contributed by atoms with Gasteiger partial charge in [0.05, 0.1) is 40.9 Å². The predicted molar refractivity (Wildman–Crippen MR) is 199 cm³/mol. The van der Waals surface area contributed by atoms with Crippen LogP contribution in [0.2, 0.25) is 0 Å². The Morgan fingerprint density at radius 3 is 1.31 bits per heavy atom. The van der Waals surface area contributed by atoms with Gasteiger partial charge in [-0.15, -0.1) is 0 Å². The molecular weight excluding hydrogens is 585 g/mol. The fraction of sp³-hybridized carbons (Fsp3) is 0. The standard InChI is InChI=1S/C44H26N4/c1-45-31-26-27-32(43(28-31)48-40-19-9-5-14-36(40)37-15-6-10-20-41(37)48)29-22-24-30(25-23-29)33-16-11-21-42(44(33)46-2)47-38-17-7-3-12-34(38)35-13-4-8-18-39(35)47/h3-28H. The molecule has 48 heavy (non-hydrogen) atoms. The lowest BCUT2D eigenvalue weighted by atomic mass is 9.97. The highest BCUT2D eigenvalue weighted by atomic mass is 15.0. The second kappa shape index (κ2) is 10.9. The van der Waals surface area contributed by atoms with E-state index < -0.39 is 0 Å². The van der Waals surface area contributed by atoms with Crippen molar-refractivity contribution >= 4 is 55.0 Å². The predicted octanol–water partition coefficient (Wildman–Crippen LogP) is 12.3. The van der Waals surface area contributed by atoms with Crippen LogP contribution >= 0.6 is 0 Å². The molecule has 0 atom stereocenters. The molecule has 0 bridgehead atoms. The highest BCUT2D eigenvalue weighted by molar-refractivity contribution is 6.11. The minimum atomic E-state index is 0.593. The number of fused-ring (bicyclic) bond motifs is 6. The Labute approximate surface area is 277 Å². The van der Waals surface area contributed by atoms with Crippen molar-refractivity contribution in [2.75, 3.05) is 0 Å². The first-order valence-corrected chi connectivity index (χ1v) is 15.8. The molecule has 0 saturated heterocycles. The van der Waals surface area contributed by atoms with Gasteiger partial charge in [-0.05, 0) is 53.1 Å². The Hall–Kier alpha value is -6.88. The molecule has 0 aliphatic carbocycles. The third-order valence-electron chi connectivity index (χ3n) is 9.39. The number of hydrogen-bond donors (Lipinski definition) is 0. The normalized spacial score (nSPS) is 11.3. The molecule has 0 spiro atoms. The topological polar surface area (TPSA) is 18.6 Å². The Morgan fingerprint density at radius 2 is 0.833 bits per heavy atom. The lowest BCUT2D eigenvalue weighted by Crippen LogP contribution is -1.97. The maximum atomic E-state index is 8.33. The zero-order valence-electron chi connectivity index (χ0n) is 25.8. The molecule has 2 aromatic heterocycles. The maximum absolute atomic E-state index is 8.33. The van der Waals surface area contributed by atoms with E-state index in [9.17, 15) is 0 Å². The van der Waals surface area contributed by atoms with E-state index in [1.165, 1.54) is 21.5 Å². The van der Waals surface area contributed by atoms with Crippen molar-refractivity contribution in [3.05, 3.63) is 181 Å². The van der Waals surface area contributed by atoms with E-state index in [1.807, 2.05) is 30.3 Å². The molecule has 9 rings (SSSR count). The van der Waals surface area contributed by atoms with Crippen LogP contribution in [-0.2, 0) is 0 Å². The molecule has 7 aromatic carbocycles. The van der Waals surface area contributed by atoms with Gasteiger partial charge in [-0.3, -0.25) is 0 Å². The zero-order chi connectivity index (χ0) is 32.2. The average Bonchev–Trinajstić information content (AvgIpc) is 3.67. The van der Waals surface area contributed by atoms with Crippen molar-refractivity contribution in [3.63, 3.8) is 0 Å². The average molecular weight is 611 g/mol. The minimum Gasteiger partial charge on any atom is -0.319 e. The fourth-order valence-electron chi connectivity index (χ4n) is 7.27. The van der Waals surface area contributed by atoms with Crippen molar-refractivity contribution < 1.29 is 0 Å². The maximum Gasteiger partial charge on any atom is 0.218 e. The summed E-state index contributed by atoms with van der Waals surface area (Å²) in [5, 5.41) is 4.69. The lowest BCUT2D eigenvalue weighted by molar-refractivity contribution is 1.18. The molecular formula is C44H26N4. The summed E-state index contributed by atoms with van der Waals surface area (Å²) in [4.78, 5) is 7.90. The van der Waals surface area contributed by atoms with Gasteiger partial charge in [0.15, 0.2) is 5.69 Å². The number of para-hydroxylation sites is 5. The second-order valence-corrected chi connectivity index (χ2v) is 11.9. The quantitative estimate of drug-likeness (QED) is 0.177. The third kappa shape index (κ3) is 4.07. The van der Waals surface area contributed by atoms with E-state index in [-0.39, 0.29) is 0 Å². The molecule has 4 nitrogen and oxygen atoms in total. The summed E-state index contributed by atoms with van der Waals surface area (Å²) in [6, 6.07) is 54.1. The Morgan fingerprint density at radius 1 is 0.375 bits per heavy atom. The largest absolute Gasteiger partial charge is 0.319 e. The number of aromatic nitrogens is 2. The number of benzene rings is 7. The molecule has 0 fully saturated rings. The number of rotatable bonds is 4. The summed E-state index contributed by atoms with van der Waals surface area (Å²) in [7, 11) is 0. The monoisotopic (exact) mass is 610 g/mol. The molecule has 0 radical (unpaired) electrons. The van der Waals surface area contributed by atoms with E-state index in [0.29, 0.717) is 11.4 Å². The van der Waals surface area contributed by atoms with Gasteiger partial charge in [0.1, 0.15) is 0 Å². The van der Waals surface area contributed by atoms with Crippen LogP contribution in [0.25, 0.3) is 86.9 Å². The van der Waals surface area contributed by atoms with Crippen molar-refractivity contribution in [1.29, 1.82) is 0 Å². The molecule has 4 heteroatoms. The van der Waals surface area contributed by atoms with Crippen LogP contribution in [0.3, 0.4) is 0 Å². The van der Waals surface area contributed by atoms with E-state index in [0.717, 1.165) is 55.7 Å². The van der Waals surface area contributed by atoms with E-state index in [1.54, 1.807) is 0 Å². The summed E-state index contributed by atoms with van der Waals surface area (Å²) in [5.41, 5.74) is 11.3. The van der Waals surface area contributed by atoms with Crippen molar-refractivity contribution in [2.24, 2.45) is 0 Å². The highest BCUT2D eigenvalue weighted by Gasteiger charge is 2.19. The van der Waals surface area contributed by atoms with Gasteiger partial charge in [-0.1, -0.05) is 121 Å². The molecule has 2 heterocycles. The van der Waals surface area contributed by atoms with Crippen LogP contribution < -0.4 is 0 Å².